The Morgan fingerprint density at radius 3 is 2.62 bits per heavy atom. The summed E-state index contributed by atoms with van der Waals surface area (Å²) in [6, 6.07) is 7.45. The molecule has 7 nitrogen and oxygen atoms in total. The van der Waals surface area contributed by atoms with E-state index >= 15 is 0 Å². The minimum Gasteiger partial charge on any atom is -0.395 e. The molecule has 1 aliphatic heterocycles. The number of hydrogen-bond acceptors (Lipinski definition) is 7. The molecule has 0 radical (unpaired) electrons. The average Bonchev–Trinajstić information content (AvgIpc) is 2.60. The summed E-state index contributed by atoms with van der Waals surface area (Å²) in [4.78, 5) is 12.9. The van der Waals surface area contributed by atoms with E-state index in [2.05, 4.69) is 25.1 Å². The average molecular weight is 349 g/mol. The van der Waals surface area contributed by atoms with E-state index in [0.717, 1.165) is 37.7 Å². The van der Waals surface area contributed by atoms with E-state index < -0.39 is 0 Å². The minimum atomic E-state index is 0.182. The predicted molar refractivity (Wildman–Crippen MR) is 96.9 cm³/mol. The highest BCUT2D eigenvalue weighted by Crippen LogP contribution is 2.31. The number of nitrogens with zero attached hydrogens (tertiary/aromatic N) is 4. The van der Waals surface area contributed by atoms with E-state index in [-0.39, 0.29) is 6.61 Å². The van der Waals surface area contributed by atoms with E-state index in [9.17, 15) is 0 Å². The molecule has 1 aliphatic rings. The number of benzene rings is 1. The molecular formula is C16H21ClN6O. The molecule has 0 unspecified atom stereocenters. The first-order chi connectivity index (χ1) is 11.7. The molecule has 3 rings (SSSR count). The van der Waals surface area contributed by atoms with Crippen LogP contribution in [0.2, 0.25) is 5.02 Å². The number of anilines is 4. The van der Waals surface area contributed by atoms with Crippen molar-refractivity contribution in [2.24, 2.45) is 0 Å². The third-order valence-electron chi connectivity index (χ3n) is 4.08. The highest BCUT2D eigenvalue weighted by molar-refractivity contribution is 6.33. The van der Waals surface area contributed by atoms with Gasteiger partial charge in [0.2, 0.25) is 0 Å². The Kier molecular flexibility index (Phi) is 5.34. The van der Waals surface area contributed by atoms with Crippen LogP contribution in [-0.2, 0) is 0 Å². The molecule has 8 heteroatoms. The van der Waals surface area contributed by atoms with Gasteiger partial charge in [0.15, 0.2) is 11.6 Å². The molecule has 2 aromatic rings. The van der Waals surface area contributed by atoms with Gasteiger partial charge in [0, 0.05) is 32.7 Å². The summed E-state index contributed by atoms with van der Waals surface area (Å²) in [6.07, 6.45) is 1.50. The predicted octanol–water partition coefficient (Wildman–Crippen LogP) is 1.57. The van der Waals surface area contributed by atoms with Gasteiger partial charge in [0.05, 0.1) is 17.3 Å². The van der Waals surface area contributed by atoms with Crippen molar-refractivity contribution in [1.82, 2.24) is 14.9 Å². The zero-order valence-corrected chi connectivity index (χ0v) is 14.1. The molecule has 0 bridgehead atoms. The summed E-state index contributed by atoms with van der Waals surface area (Å²) in [7, 11) is 0. The first kappa shape index (κ1) is 16.8. The highest BCUT2D eigenvalue weighted by atomic mass is 35.5. The van der Waals surface area contributed by atoms with Gasteiger partial charge in [0.1, 0.15) is 12.0 Å². The fraction of sp³-hybridized carbons (Fsp3) is 0.375. The number of para-hydroxylation sites is 1. The molecule has 0 aliphatic carbocycles. The summed E-state index contributed by atoms with van der Waals surface area (Å²) in [5.41, 5.74) is 7.54. The number of nitrogens with one attached hydrogen (secondary N) is 1. The van der Waals surface area contributed by atoms with Gasteiger partial charge < -0.3 is 21.1 Å². The number of rotatable bonds is 5. The lowest BCUT2D eigenvalue weighted by molar-refractivity contribution is 0.188. The van der Waals surface area contributed by atoms with Crippen LogP contribution >= 0.6 is 11.6 Å². The summed E-state index contributed by atoms with van der Waals surface area (Å²) in [6.45, 7) is 4.25. The molecule has 4 N–H and O–H groups in total. The second-order valence-corrected chi connectivity index (χ2v) is 6.02. The summed E-state index contributed by atoms with van der Waals surface area (Å²) in [5, 5.41) is 12.8. The van der Waals surface area contributed by atoms with Crippen LogP contribution in [0.1, 0.15) is 0 Å². The van der Waals surface area contributed by atoms with Crippen LogP contribution in [0.25, 0.3) is 0 Å². The zero-order chi connectivity index (χ0) is 16.9. The van der Waals surface area contributed by atoms with Crippen LogP contribution in [0.3, 0.4) is 0 Å². The number of hydrogen-bond donors (Lipinski definition) is 3. The Balaban J connectivity index is 1.76. The topological polar surface area (TPSA) is 90.5 Å². The Bertz CT molecular complexity index is 690. The van der Waals surface area contributed by atoms with Crippen molar-refractivity contribution in [3.8, 4) is 0 Å². The molecule has 1 aromatic heterocycles. The molecule has 0 atom stereocenters. The number of halogens is 1. The van der Waals surface area contributed by atoms with Crippen LogP contribution in [0.4, 0.5) is 23.0 Å². The summed E-state index contributed by atoms with van der Waals surface area (Å²) < 4.78 is 0. The van der Waals surface area contributed by atoms with Crippen LogP contribution in [0, 0.1) is 0 Å². The molecule has 1 saturated heterocycles. The normalized spacial score (nSPS) is 15.5. The monoisotopic (exact) mass is 348 g/mol. The van der Waals surface area contributed by atoms with Gasteiger partial charge in [-0.25, -0.2) is 9.97 Å². The smallest absolute Gasteiger partial charge is 0.159 e. The Morgan fingerprint density at radius 2 is 1.92 bits per heavy atom. The summed E-state index contributed by atoms with van der Waals surface area (Å²) in [5.74, 6) is 1.27. The molecule has 1 fully saturated rings. The quantitative estimate of drug-likeness (QED) is 0.755. The number of aromatic nitrogens is 2. The maximum absolute atomic E-state index is 9.03. The molecular weight excluding hydrogens is 328 g/mol. The second-order valence-electron chi connectivity index (χ2n) is 5.62. The van der Waals surface area contributed by atoms with E-state index in [0.29, 0.717) is 23.1 Å². The minimum absolute atomic E-state index is 0.182. The van der Waals surface area contributed by atoms with E-state index in [4.69, 9.17) is 22.4 Å². The van der Waals surface area contributed by atoms with Crippen LogP contribution in [0.5, 0.6) is 0 Å². The maximum atomic E-state index is 9.03. The highest BCUT2D eigenvalue weighted by Gasteiger charge is 2.21. The second kappa shape index (κ2) is 7.65. The van der Waals surface area contributed by atoms with E-state index in [1.54, 1.807) is 0 Å². The lowest BCUT2D eigenvalue weighted by atomic mass is 10.2. The Hall–Kier alpha value is -2.09. The SMILES string of the molecule is Nc1c(Nc2ccccc2Cl)ncnc1N1CCN(CCO)CC1. The number of aliphatic hydroxyl groups excluding tert-OH is 1. The van der Waals surface area contributed by atoms with Crippen LogP contribution < -0.4 is 16.0 Å². The van der Waals surface area contributed by atoms with Gasteiger partial charge in [-0.3, -0.25) is 4.90 Å². The van der Waals surface area contributed by atoms with Crippen molar-refractivity contribution >= 4 is 34.6 Å². The fourth-order valence-electron chi connectivity index (χ4n) is 2.75. The largest absolute Gasteiger partial charge is 0.395 e. The maximum Gasteiger partial charge on any atom is 0.159 e. The van der Waals surface area contributed by atoms with Crippen LogP contribution in [-0.4, -0.2) is 59.3 Å². The van der Waals surface area contributed by atoms with Crippen molar-refractivity contribution in [3.63, 3.8) is 0 Å². The van der Waals surface area contributed by atoms with Gasteiger partial charge in [-0.2, -0.15) is 0 Å². The number of aliphatic hydroxyl groups is 1. The standard InChI is InChI=1S/C16H21ClN6O/c17-12-3-1-2-4-13(12)21-15-14(18)16(20-11-19-15)23-7-5-22(6-8-23)9-10-24/h1-4,11,24H,5-10,18H2,(H,19,20,21). The lowest BCUT2D eigenvalue weighted by Crippen LogP contribution is -2.47. The lowest BCUT2D eigenvalue weighted by Gasteiger charge is -2.35. The first-order valence-corrected chi connectivity index (χ1v) is 8.27. The molecule has 24 heavy (non-hydrogen) atoms. The molecule has 0 spiro atoms. The van der Waals surface area contributed by atoms with Crippen molar-refractivity contribution in [2.75, 3.05) is 55.3 Å². The fourth-order valence-corrected chi connectivity index (χ4v) is 2.94. The molecule has 128 valence electrons. The van der Waals surface area contributed by atoms with Crippen LogP contribution in [0.15, 0.2) is 30.6 Å². The molecule has 0 amide bonds. The van der Waals surface area contributed by atoms with Gasteiger partial charge >= 0.3 is 0 Å². The molecule has 0 saturated carbocycles. The van der Waals surface area contributed by atoms with Gasteiger partial charge in [-0.15, -0.1) is 0 Å². The third kappa shape index (κ3) is 3.69. The van der Waals surface area contributed by atoms with Crippen molar-refractivity contribution in [2.45, 2.75) is 0 Å². The Morgan fingerprint density at radius 1 is 1.17 bits per heavy atom. The summed E-state index contributed by atoms with van der Waals surface area (Å²) >= 11 is 6.18. The third-order valence-corrected chi connectivity index (χ3v) is 4.41. The number of nitrogens with two attached hydrogens (primary N) is 1. The van der Waals surface area contributed by atoms with Gasteiger partial charge in [-0.1, -0.05) is 23.7 Å². The number of nitrogen functional groups attached to an aromatic ring is 1. The van der Waals surface area contributed by atoms with E-state index in [1.807, 2.05) is 24.3 Å². The number of piperazine rings is 1. The van der Waals surface area contributed by atoms with E-state index in [1.165, 1.54) is 6.33 Å². The first-order valence-electron chi connectivity index (χ1n) is 7.89. The van der Waals surface area contributed by atoms with Crippen molar-refractivity contribution in [3.05, 3.63) is 35.6 Å². The zero-order valence-electron chi connectivity index (χ0n) is 13.3. The number of β-amino-alcohol motifs (C(OH)–C–C–N with tert-alkyl or cyclic N) is 1. The van der Waals surface area contributed by atoms with Gasteiger partial charge in [0.25, 0.3) is 0 Å². The Labute approximate surface area is 146 Å². The van der Waals surface area contributed by atoms with Gasteiger partial charge in [-0.05, 0) is 12.1 Å². The van der Waals surface area contributed by atoms with Crippen molar-refractivity contribution < 1.29 is 5.11 Å². The van der Waals surface area contributed by atoms with Crippen molar-refractivity contribution in [1.29, 1.82) is 0 Å². The molecule has 1 aromatic carbocycles. The molecule has 2 heterocycles.